The fourth-order valence-corrected chi connectivity index (χ4v) is 2.76. The molecule has 0 saturated carbocycles. The third-order valence-electron chi connectivity index (χ3n) is 3.87. The van der Waals surface area contributed by atoms with Crippen LogP contribution in [0.3, 0.4) is 0 Å². The summed E-state index contributed by atoms with van der Waals surface area (Å²) in [6.45, 7) is 2.53. The van der Waals surface area contributed by atoms with Gasteiger partial charge in [0.1, 0.15) is 12.0 Å². The van der Waals surface area contributed by atoms with Crippen molar-refractivity contribution in [1.82, 2.24) is 29.5 Å². The van der Waals surface area contributed by atoms with E-state index < -0.39 is 5.82 Å². The minimum atomic E-state index is -0.433. The molecular formula is C16H16FN7O. The van der Waals surface area contributed by atoms with Crippen molar-refractivity contribution in [2.75, 3.05) is 19.0 Å². The Morgan fingerprint density at radius 3 is 3.12 bits per heavy atom. The van der Waals surface area contributed by atoms with E-state index in [0.717, 1.165) is 10.9 Å². The lowest BCUT2D eigenvalue weighted by Gasteiger charge is -2.12. The lowest BCUT2D eigenvalue weighted by atomic mass is 10.1. The Labute approximate surface area is 142 Å². The van der Waals surface area contributed by atoms with E-state index in [1.807, 2.05) is 6.92 Å². The van der Waals surface area contributed by atoms with Gasteiger partial charge in [-0.25, -0.2) is 18.9 Å². The Morgan fingerprint density at radius 1 is 1.40 bits per heavy atom. The van der Waals surface area contributed by atoms with E-state index in [0.29, 0.717) is 23.8 Å². The number of halogens is 1. The van der Waals surface area contributed by atoms with Gasteiger partial charge in [0.05, 0.1) is 6.61 Å². The van der Waals surface area contributed by atoms with Gasteiger partial charge in [-0.1, -0.05) is 0 Å². The van der Waals surface area contributed by atoms with E-state index in [9.17, 15) is 4.39 Å². The monoisotopic (exact) mass is 341 g/mol. The predicted octanol–water partition coefficient (Wildman–Crippen LogP) is 2.25. The maximum absolute atomic E-state index is 14.2. The van der Waals surface area contributed by atoms with Crippen LogP contribution < -0.4 is 5.32 Å². The van der Waals surface area contributed by atoms with Gasteiger partial charge >= 0.3 is 0 Å². The highest BCUT2D eigenvalue weighted by Gasteiger charge is 2.13. The van der Waals surface area contributed by atoms with Crippen molar-refractivity contribution in [3.63, 3.8) is 0 Å². The second kappa shape index (κ2) is 6.10. The molecule has 4 aromatic heterocycles. The smallest absolute Gasteiger partial charge is 0.224 e. The number of hydrogen-bond donors (Lipinski definition) is 2. The molecule has 0 fully saturated rings. The average Bonchev–Trinajstić information content (AvgIpc) is 3.21. The van der Waals surface area contributed by atoms with Crippen LogP contribution in [0, 0.1) is 5.82 Å². The SMILES string of the molecule is COC[C@H](C)Nc1ncc2c(-c3cc(F)c4ncnn4c3)c[nH]c2n1. The second-order valence-electron chi connectivity index (χ2n) is 5.76. The van der Waals surface area contributed by atoms with Gasteiger partial charge in [0.15, 0.2) is 11.5 Å². The van der Waals surface area contributed by atoms with Crippen LogP contribution >= 0.6 is 0 Å². The number of pyridine rings is 1. The zero-order chi connectivity index (χ0) is 17.4. The number of H-pyrrole nitrogens is 1. The van der Waals surface area contributed by atoms with E-state index >= 15 is 0 Å². The van der Waals surface area contributed by atoms with Gasteiger partial charge in [0.25, 0.3) is 0 Å². The molecule has 0 aliphatic heterocycles. The van der Waals surface area contributed by atoms with Crippen LogP contribution in [-0.4, -0.2) is 49.3 Å². The Bertz CT molecular complexity index is 1040. The van der Waals surface area contributed by atoms with Crippen LogP contribution in [0.25, 0.3) is 27.8 Å². The molecule has 4 rings (SSSR count). The molecule has 0 aliphatic carbocycles. The van der Waals surface area contributed by atoms with E-state index in [-0.39, 0.29) is 11.7 Å². The van der Waals surface area contributed by atoms with Crippen LogP contribution in [0.1, 0.15) is 6.92 Å². The van der Waals surface area contributed by atoms with Crippen molar-refractivity contribution in [3.8, 4) is 11.1 Å². The van der Waals surface area contributed by atoms with E-state index in [1.165, 1.54) is 16.9 Å². The van der Waals surface area contributed by atoms with Gasteiger partial charge in [-0.15, -0.1) is 0 Å². The lowest BCUT2D eigenvalue weighted by Crippen LogP contribution is -2.22. The van der Waals surface area contributed by atoms with Gasteiger partial charge in [0, 0.05) is 48.3 Å². The Morgan fingerprint density at radius 2 is 2.28 bits per heavy atom. The second-order valence-corrected chi connectivity index (χ2v) is 5.76. The van der Waals surface area contributed by atoms with Crippen molar-refractivity contribution in [1.29, 1.82) is 0 Å². The summed E-state index contributed by atoms with van der Waals surface area (Å²) in [6, 6.07) is 1.51. The normalized spacial score (nSPS) is 12.8. The van der Waals surface area contributed by atoms with Crippen molar-refractivity contribution < 1.29 is 9.13 Å². The zero-order valence-electron chi connectivity index (χ0n) is 13.7. The predicted molar refractivity (Wildman–Crippen MR) is 90.8 cm³/mol. The van der Waals surface area contributed by atoms with Crippen LogP contribution in [0.2, 0.25) is 0 Å². The molecule has 8 nitrogen and oxygen atoms in total. The molecule has 0 radical (unpaired) electrons. The van der Waals surface area contributed by atoms with Crippen LogP contribution in [-0.2, 0) is 4.74 Å². The molecule has 0 bridgehead atoms. The van der Waals surface area contributed by atoms with Crippen molar-refractivity contribution in [2.45, 2.75) is 13.0 Å². The number of aromatic nitrogens is 6. The van der Waals surface area contributed by atoms with Gasteiger partial charge in [-0.3, -0.25) is 0 Å². The number of nitrogens with zero attached hydrogens (tertiary/aromatic N) is 5. The highest BCUT2D eigenvalue weighted by molar-refractivity contribution is 5.93. The molecule has 0 aromatic carbocycles. The summed E-state index contributed by atoms with van der Waals surface area (Å²) in [5, 5.41) is 7.96. The molecule has 4 heterocycles. The first kappa shape index (κ1) is 15.5. The fourth-order valence-electron chi connectivity index (χ4n) is 2.76. The number of hydrogen-bond acceptors (Lipinski definition) is 6. The number of aromatic amines is 1. The van der Waals surface area contributed by atoms with Crippen molar-refractivity contribution >= 4 is 22.6 Å². The number of nitrogens with one attached hydrogen (secondary N) is 2. The first-order valence-electron chi connectivity index (χ1n) is 7.74. The third kappa shape index (κ3) is 2.78. The molecule has 2 N–H and O–H groups in total. The molecule has 4 aromatic rings. The van der Waals surface area contributed by atoms with Gasteiger partial charge < -0.3 is 15.0 Å². The summed E-state index contributed by atoms with van der Waals surface area (Å²) in [7, 11) is 1.64. The first-order valence-corrected chi connectivity index (χ1v) is 7.74. The minimum absolute atomic E-state index is 0.0840. The molecule has 0 saturated heterocycles. The van der Waals surface area contributed by atoms with Crippen LogP contribution in [0.15, 0.2) is 31.0 Å². The number of anilines is 1. The zero-order valence-corrected chi connectivity index (χ0v) is 13.7. The first-order chi connectivity index (χ1) is 12.2. The lowest BCUT2D eigenvalue weighted by molar-refractivity contribution is 0.190. The van der Waals surface area contributed by atoms with Gasteiger partial charge in [-0.2, -0.15) is 10.1 Å². The number of rotatable bonds is 5. The summed E-state index contributed by atoms with van der Waals surface area (Å²) in [5.74, 6) is 0.0697. The van der Waals surface area contributed by atoms with Gasteiger partial charge in [-0.05, 0) is 13.0 Å². The molecule has 0 amide bonds. The summed E-state index contributed by atoms with van der Waals surface area (Å²) >= 11 is 0. The van der Waals surface area contributed by atoms with E-state index in [1.54, 1.807) is 25.7 Å². The van der Waals surface area contributed by atoms with Crippen molar-refractivity contribution in [3.05, 3.63) is 36.8 Å². The number of ether oxygens (including phenoxy) is 1. The highest BCUT2D eigenvalue weighted by atomic mass is 19.1. The highest BCUT2D eigenvalue weighted by Crippen LogP contribution is 2.28. The molecule has 0 aliphatic rings. The molecule has 0 unspecified atom stereocenters. The van der Waals surface area contributed by atoms with Crippen LogP contribution in [0.4, 0.5) is 10.3 Å². The number of methoxy groups -OCH3 is 1. The topological polar surface area (TPSA) is 93.0 Å². The maximum atomic E-state index is 14.2. The fraction of sp³-hybridized carbons (Fsp3) is 0.250. The molecule has 9 heteroatoms. The Kier molecular flexibility index (Phi) is 3.77. The van der Waals surface area contributed by atoms with Crippen LogP contribution in [0.5, 0.6) is 0 Å². The minimum Gasteiger partial charge on any atom is -0.383 e. The summed E-state index contributed by atoms with van der Waals surface area (Å²) in [4.78, 5) is 15.8. The molecular weight excluding hydrogens is 325 g/mol. The van der Waals surface area contributed by atoms with Gasteiger partial charge in [0.2, 0.25) is 5.95 Å². The summed E-state index contributed by atoms with van der Waals surface area (Å²) < 4.78 is 20.7. The molecule has 25 heavy (non-hydrogen) atoms. The maximum Gasteiger partial charge on any atom is 0.224 e. The Hall–Kier alpha value is -3.07. The summed E-state index contributed by atoms with van der Waals surface area (Å²) in [6.07, 6.45) is 6.53. The molecule has 128 valence electrons. The quantitative estimate of drug-likeness (QED) is 0.578. The molecule has 0 spiro atoms. The molecule has 1 atom stereocenters. The van der Waals surface area contributed by atoms with E-state index in [2.05, 4.69) is 30.4 Å². The third-order valence-corrected chi connectivity index (χ3v) is 3.87. The summed E-state index contributed by atoms with van der Waals surface area (Å²) in [5.41, 5.74) is 2.32. The standard InChI is InChI=1S/C16H16FN7O/c1-9(7-25-2)22-16-19-5-12-11(4-18-14(12)23-16)10-3-13(17)15-20-8-21-24(15)6-10/h3-6,8-9H,7H2,1-2H3,(H2,18,19,22,23)/t9-/m0/s1. The largest absolute Gasteiger partial charge is 0.383 e. The van der Waals surface area contributed by atoms with E-state index in [4.69, 9.17) is 4.74 Å². The average molecular weight is 341 g/mol. The number of fused-ring (bicyclic) bond motifs is 2. The van der Waals surface area contributed by atoms with Crippen molar-refractivity contribution in [2.24, 2.45) is 0 Å². The Balaban J connectivity index is 1.72.